The maximum atomic E-state index is 4.22. The van der Waals surface area contributed by atoms with Gasteiger partial charge in [-0.05, 0) is 56.9 Å². The first-order chi connectivity index (χ1) is 10.5. The van der Waals surface area contributed by atoms with Gasteiger partial charge in [-0.3, -0.25) is 0 Å². The van der Waals surface area contributed by atoms with Gasteiger partial charge in [0.25, 0.3) is 0 Å². The summed E-state index contributed by atoms with van der Waals surface area (Å²) in [6.45, 7) is 17.3. The molecule has 1 nitrogen and oxygen atoms in total. The summed E-state index contributed by atoms with van der Waals surface area (Å²) in [5.41, 5.74) is 6.21. The number of benzene rings is 1. The third-order valence-corrected chi connectivity index (χ3v) is 3.89. The second kappa shape index (κ2) is 9.30. The van der Waals surface area contributed by atoms with Crippen LogP contribution in [-0.4, -0.2) is 13.1 Å². The molecule has 0 atom stereocenters. The zero-order valence-electron chi connectivity index (χ0n) is 14.9. The zero-order chi connectivity index (χ0) is 16.5. The SMILES string of the molecule is C=C(/C=C\C(C)=C(C)C)c1cccc(N(CCC)CCC)c1. The fourth-order valence-corrected chi connectivity index (χ4v) is 2.30. The van der Waals surface area contributed by atoms with E-state index in [1.165, 1.54) is 35.2 Å². The van der Waals surface area contributed by atoms with Crippen molar-refractivity contribution in [3.8, 4) is 0 Å². The Kier molecular flexibility index (Phi) is 7.73. The largest absolute Gasteiger partial charge is 0.372 e. The predicted octanol–water partition coefficient (Wildman–Crippen LogP) is 6.24. The molecule has 120 valence electrons. The Labute approximate surface area is 137 Å². The van der Waals surface area contributed by atoms with Crippen molar-refractivity contribution in [2.75, 3.05) is 18.0 Å². The smallest absolute Gasteiger partial charge is 0.0372 e. The van der Waals surface area contributed by atoms with E-state index in [4.69, 9.17) is 0 Å². The van der Waals surface area contributed by atoms with Crippen molar-refractivity contribution in [3.05, 3.63) is 59.7 Å². The maximum Gasteiger partial charge on any atom is 0.0372 e. The van der Waals surface area contributed by atoms with Crippen molar-refractivity contribution >= 4 is 11.3 Å². The Bertz CT molecular complexity index is 539. The zero-order valence-corrected chi connectivity index (χ0v) is 14.9. The van der Waals surface area contributed by atoms with Crippen LogP contribution in [-0.2, 0) is 0 Å². The first-order valence-corrected chi connectivity index (χ1v) is 8.36. The van der Waals surface area contributed by atoms with E-state index < -0.39 is 0 Å². The molecule has 0 heterocycles. The Morgan fingerprint density at radius 2 is 1.68 bits per heavy atom. The van der Waals surface area contributed by atoms with Gasteiger partial charge in [0, 0.05) is 18.8 Å². The molecule has 1 rings (SSSR count). The summed E-state index contributed by atoms with van der Waals surface area (Å²) in [4.78, 5) is 2.46. The van der Waals surface area contributed by atoms with Crippen molar-refractivity contribution in [2.24, 2.45) is 0 Å². The standard InChI is InChI=1S/C21H31N/c1-7-14-22(15-8-2)21-11-9-10-20(16-21)19(6)13-12-18(5)17(3)4/h9-13,16H,6-8,14-15H2,1-5H3/b13-12-. The van der Waals surface area contributed by atoms with E-state index in [0.717, 1.165) is 18.7 Å². The molecule has 0 bridgehead atoms. The maximum absolute atomic E-state index is 4.22. The van der Waals surface area contributed by atoms with E-state index in [-0.39, 0.29) is 0 Å². The molecule has 0 amide bonds. The van der Waals surface area contributed by atoms with Crippen molar-refractivity contribution in [1.82, 2.24) is 0 Å². The highest BCUT2D eigenvalue weighted by Crippen LogP contribution is 2.22. The van der Waals surface area contributed by atoms with Crippen LogP contribution >= 0.6 is 0 Å². The van der Waals surface area contributed by atoms with Crippen LogP contribution in [0, 0.1) is 0 Å². The molecule has 22 heavy (non-hydrogen) atoms. The van der Waals surface area contributed by atoms with Crippen LogP contribution in [0.1, 0.15) is 53.0 Å². The lowest BCUT2D eigenvalue weighted by atomic mass is 10.0. The van der Waals surface area contributed by atoms with Gasteiger partial charge in [0.2, 0.25) is 0 Å². The third kappa shape index (κ3) is 5.55. The van der Waals surface area contributed by atoms with Crippen LogP contribution in [0.25, 0.3) is 5.57 Å². The van der Waals surface area contributed by atoms with E-state index >= 15 is 0 Å². The Morgan fingerprint density at radius 1 is 1.05 bits per heavy atom. The molecule has 0 radical (unpaired) electrons. The van der Waals surface area contributed by atoms with Gasteiger partial charge in [-0.2, -0.15) is 0 Å². The van der Waals surface area contributed by atoms with Crippen molar-refractivity contribution < 1.29 is 0 Å². The van der Waals surface area contributed by atoms with Gasteiger partial charge in [-0.1, -0.05) is 55.9 Å². The highest BCUT2D eigenvalue weighted by atomic mass is 15.1. The van der Waals surface area contributed by atoms with Crippen molar-refractivity contribution in [1.29, 1.82) is 0 Å². The molecule has 0 N–H and O–H groups in total. The molecule has 0 aliphatic heterocycles. The van der Waals surface area contributed by atoms with Gasteiger partial charge in [-0.15, -0.1) is 0 Å². The van der Waals surface area contributed by atoms with Crippen molar-refractivity contribution in [2.45, 2.75) is 47.5 Å². The van der Waals surface area contributed by atoms with E-state index in [0.29, 0.717) is 0 Å². The summed E-state index contributed by atoms with van der Waals surface area (Å²) in [5, 5.41) is 0. The second-order valence-corrected chi connectivity index (χ2v) is 6.08. The molecule has 0 saturated carbocycles. The normalized spacial score (nSPS) is 10.8. The van der Waals surface area contributed by atoms with Gasteiger partial charge < -0.3 is 4.90 Å². The summed E-state index contributed by atoms with van der Waals surface area (Å²) >= 11 is 0. The van der Waals surface area contributed by atoms with Crippen LogP contribution in [0.4, 0.5) is 5.69 Å². The average Bonchev–Trinajstić information content (AvgIpc) is 2.52. The molecule has 0 aromatic heterocycles. The van der Waals surface area contributed by atoms with Crippen LogP contribution in [0.3, 0.4) is 0 Å². The summed E-state index contributed by atoms with van der Waals surface area (Å²) in [6, 6.07) is 8.74. The predicted molar refractivity (Wildman–Crippen MR) is 101 cm³/mol. The van der Waals surface area contributed by atoms with E-state index in [1.807, 2.05) is 0 Å². The molecule has 1 aromatic carbocycles. The fourth-order valence-electron chi connectivity index (χ4n) is 2.30. The quantitative estimate of drug-likeness (QED) is 0.513. The van der Waals surface area contributed by atoms with E-state index in [1.54, 1.807) is 0 Å². The van der Waals surface area contributed by atoms with Gasteiger partial charge in [-0.25, -0.2) is 0 Å². The average molecular weight is 297 g/mol. The molecular weight excluding hydrogens is 266 g/mol. The number of hydrogen-bond acceptors (Lipinski definition) is 1. The molecule has 1 heteroatoms. The van der Waals surface area contributed by atoms with Crippen LogP contribution in [0.15, 0.2) is 54.1 Å². The Hall–Kier alpha value is -1.76. The molecule has 0 saturated heterocycles. The van der Waals surface area contributed by atoms with Gasteiger partial charge in [0.15, 0.2) is 0 Å². The molecule has 0 fully saturated rings. The Balaban J connectivity index is 2.95. The van der Waals surface area contributed by atoms with Gasteiger partial charge >= 0.3 is 0 Å². The summed E-state index contributed by atoms with van der Waals surface area (Å²) in [6.07, 6.45) is 6.61. The first kappa shape index (κ1) is 18.3. The molecule has 0 aliphatic carbocycles. The van der Waals surface area contributed by atoms with Crippen LogP contribution < -0.4 is 4.90 Å². The molecule has 0 unspecified atom stereocenters. The number of rotatable bonds is 8. The van der Waals surface area contributed by atoms with Crippen LogP contribution in [0.5, 0.6) is 0 Å². The molecule has 0 spiro atoms. The molecule has 0 aliphatic rings. The van der Waals surface area contributed by atoms with E-state index in [2.05, 4.69) is 82.5 Å². The second-order valence-electron chi connectivity index (χ2n) is 6.08. The van der Waals surface area contributed by atoms with Crippen LogP contribution in [0.2, 0.25) is 0 Å². The lowest BCUT2D eigenvalue weighted by molar-refractivity contribution is 0.745. The molecule has 1 aromatic rings. The van der Waals surface area contributed by atoms with Gasteiger partial charge in [0.1, 0.15) is 0 Å². The summed E-state index contributed by atoms with van der Waals surface area (Å²) < 4.78 is 0. The van der Waals surface area contributed by atoms with Crippen molar-refractivity contribution in [3.63, 3.8) is 0 Å². The Morgan fingerprint density at radius 3 is 2.23 bits per heavy atom. The summed E-state index contributed by atoms with van der Waals surface area (Å²) in [5.74, 6) is 0. The number of hydrogen-bond donors (Lipinski definition) is 0. The van der Waals surface area contributed by atoms with Gasteiger partial charge in [0.05, 0.1) is 0 Å². The monoisotopic (exact) mass is 297 g/mol. The minimum absolute atomic E-state index is 1.07. The number of anilines is 1. The molecular formula is C21H31N. The lowest BCUT2D eigenvalue weighted by Crippen LogP contribution is -2.24. The minimum atomic E-state index is 1.07. The highest BCUT2D eigenvalue weighted by Gasteiger charge is 2.05. The lowest BCUT2D eigenvalue weighted by Gasteiger charge is -2.24. The highest BCUT2D eigenvalue weighted by molar-refractivity contribution is 5.74. The fraction of sp³-hybridized carbons (Fsp3) is 0.429. The number of allylic oxidation sites excluding steroid dienone is 5. The minimum Gasteiger partial charge on any atom is -0.372 e. The van der Waals surface area contributed by atoms with E-state index in [9.17, 15) is 0 Å². The summed E-state index contributed by atoms with van der Waals surface area (Å²) in [7, 11) is 0. The topological polar surface area (TPSA) is 3.24 Å². The number of nitrogens with zero attached hydrogens (tertiary/aromatic N) is 1. The first-order valence-electron chi connectivity index (χ1n) is 8.36. The third-order valence-electron chi connectivity index (χ3n) is 3.89.